The number of nitrogens with one attached hydrogen (secondary N) is 2. The van der Waals surface area contributed by atoms with Gasteiger partial charge in [0.2, 0.25) is 0 Å². The zero-order valence-electron chi connectivity index (χ0n) is 18.8. The molecule has 35 heavy (non-hydrogen) atoms. The molecule has 2 aromatic heterocycles. The van der Waals surface area contributed by atoms with Crippen molar-refractivity contribution in [3.63, 3.8) is 0 Å². The van der Waals surface area contributed by atoms with Gasteiger partial charge in [-0.15, -0.1) is 11.3 Å². The summed E-state index contributed by atoms with van der Waals surface area (Å²) in [5.41, 5.74) is 2.28. The van der Waals surface area contributed by atoms with Crippen LogP contribution in [0, 0.1) is 17.0 Å². The van der Waals surface area contributed by atoms with Crippen molar-refractivity contribution in [3.8, 4) is 0 Å². The van der Waals surface area contributed by atoms with Crippen molar-refractivity contribution in [3.05, 3.63) is 80.0 Å². The number of carbonyl (C=O) groups is 3. The number of anilines is 2. The Morgan fingerprint density at radius 1 is 1.17 bits per heavy atom. The number of nitro benzene ring substituents is 1. The summed E-state index contributed by atoms with van der Waals surface area (Å²) in [4.78, 5) is 53.4. The van der Waals surface area contributed by atoms with Gasteiger partial charge in [0.15, 0.2) is 6.61 Å². The normalized spacial score (nSPS) is 12.4. The number of benzene rings is 1. The first-order valence-electron chi connectivity index (χ1n) is 10.9. The zero-order valence-corrected chi connectivity index (χ0v) is 19.6. The van der Waals surface area contributed by atoms with Gasteiger partial charge in [0.1, 0.15) is 5.00 Å². The van der Waals surface area contributed by atoms with Crippen molar-refractivity contribution in [2.75, 3.05) is 17.2 Å². The summed E-state index contributed by atoms with van der Waals surface area (Å²) in [6, 6.07) is 7.32. The summed E-state index contributed by atoms with van der Waals surface area (Å²) in [5.74, 6) is -1.67. The number of nitrogens with zero attached hydrogens (tertiary/aromatic N) is 2. The minimum absolute atomic E-state index is 0.0879. The standard InChI is InChI=1S/C24H22N4O6S/c1-14-11-16(28(32)33)8-9-18(14)26-20(29)13-34-24(31)21-17-6-2-3-7-19(17)35-23(21)27-22(30)15-5-4-10-25-12-15/h4-5,8-12H,2-3,6-7,13H2,1H3,(H,26,29)(H,27,30). The predicted molar refractivity (Wildman–Crippen MR) is 130 cm³/mol. The van der Waals surface area contributed by atoms with E-state index in [2.05, 4.69) is 15.6 Å². The third-order valence-corrected chi connectivity index (χ3v) is 6.76. The molecule has 2 amide bonds. The topological polar surface area (TPSA) is 141 Å². The summed E-state index contributed by atoms with van der Waals surface area (Å²) in [6.07, 6.45) is 6.41. The SMILES string of the molecule is Cc1cc([N+](=O)[O-])ccc1NC(=O)COC(=O)c1c(NC(=O)c2cccnc2)sc2c1CCCC2. The number of aryl methyl sites for hydroxylation is 2. The van der Waals surface area contributed by atoms with E-state index in [9.17, 15) is 24.5 Å². The Kier molecular flexibility index (Phi) is 7.16. The fraction of sp³-hybridized carbons (Fsp3) is 0.250. The lowest BCUT2D eigenvalue weighted by molar-refractivity contribution is -0.384. The number of non-ortho nitro benzene ring substituents is 1. The highest BCUT2D eigenvalue weighted by Gasteiger charge is 2.28. The van der Waals surface area contributed by atoms with Crippen molar-refractivity contribution < 1.29 is 24.0 Å². The summed E-state index contributed by atoms with van der Waals surface area (Å²) in [6.45, 7) is 1.08. The van der Waals surface area contributed by atoms with Crippen LogP contribution in [0.15, 0.2) is 42.7 Å². The first kappa shape index (κ1) is 24.0. The lowest BCUT2D eigenvalue weighted by Gasteiger charge is -2.13. The number of pyridine rings is 1. The van der Waals surface area contributed by atoms with E-state index in [4.69, 9.17) is 4.74 Å². The second kappa shape index (κ2) is 10.4. The maximum Gasteiger partial charge on any atom is 0.341 e. The summed E-state index contributed by atoms with van der Waals surface area (Å²) < 4.78 is 5.30. The number of carbonyl (C=O) groups excluding carboxylic acids is 3. The van der Waals surface area contributed by atoms with E-state index >= 15 is 0 Å². The molecule has 2 N–H and O–H groups in total. The van der Waals surface area contributed by atoms with Crippen LogP contribution in [0.2, 0.25) is 0 Å². The first-order chi connectivity index (χ1) is 16.8. The molecular weight excluding hydrogens is 472 g/mol. The summed E-state index contributed by atoms with van der Waals surface area (Å²) >= 11 is 1.35. The lowest BCUT2D eigenvalue weighted by atomic mass is 9.95. The maximum atomic E-state index is 13.0. The molecule has 4 rings (SSSR count). The molecule has 10 nitrogen and oxygen atoms in total. The molecule has 0 spiro atoms. The van der Waals surface area contributed by atoms with Gasteiger partial charge < -0.3 is 15.4 Å². The van der Waals surface area contributed by atoms with Crippen molar-refractivity contribution in [2.45, 2.75) is 32.6 Å². The van der Waals surface area contributed by atoms with Crippen LogP contribution < -0.4 is 10.6 Å². The highest BCUT2D eigenvalue weighted by molar-refractivity contribution is 7.17. The average molecular weight is 495 g/mol. The Labute approximate surface area is 204 Å². The molecule has 1 aliphatic carbocycles. The van der Waals surface area contributed by atoms with Crippen LogP contribution in [0.25, 0.3) is 0 Å². The molecule has 0 saturated heterocycles. The van der Waals surface area contributed by atoms with Crippen LogP contribution in [-0.2, 0) is 22.4 Å². The van der Waals surface area contributed by atoms with Crippen molar-refractivity contribution in [1.82, 2.24) is 4.98 Å². The molecular formula is C24H22N4O6S. The van der Waals surface area contributed by atoms with E-state index in [0.717, 1.165) is 29.7 Å². The Morgan fingerprint density at radius 3 is 2.69 bits per heavy atom. The van der Waals surface area contributed by atoms with Gasteiger partial charge in [0.25, 0.3) is 17.5 Å². The first-order valence-corrected chi connectivity index (χ1v) is 11.7. The van der Waals surface area contributed by atoms with Crippen LogP contribution in [0.4, 0.5) is 16.4 Å². The quantitative estimate of drug-likeness (QED) is 0.284. The number of aromatic nitrogens is 1. The zero-order chi connectivity index (χ0) is 24.9. The number of rotatable bonds is 7. The number of esters is 1. The molecule has 180 valence electrons. The molecule has 0 unspecified atom stereocenters. The minimum atomic E-state index is -0.693. The fourth-order valence-electron chi connectivity index (χ4n) is 3.83. The number of thiophene rings is 1. The summed E-state index contributed by atoms with van der Waals surface area (Å²) in [7, 11) is 0. The number of amides is 2. The van der Waals surface area contributed by atoms with E-state index in [-0.39, 0.29) is 11.3 Å². The highest BCUT2D eigenvalue weighted by atomic mass is 32.1. The predicted octanol–water partition coefficient (Wildman–Crippen LogP) is 4.29. The lowest BCUT2D eigenvalue weighted by Crippen LogP contribution is -2.22. The second-order valence-electron chi connectivity index (χ2n) is 7.99. The maximum absolute atomic E-state index is 13.0. The Balaban J connectivity index is 1.47. The van der Waals surface area contributed by atoms with Gasteiger partial charge in [-0.05, 0) is 61.9 Å². The third kappa shape index (κ3) is 5.52. The molecule has 0 saturated carbocycles. The average Bonchev–Trinajstić information content (AvgIpc) is 3.22. The molecule has 1 aliphatic rings. The summed E-state index contributed by atoms with van der Waals surface area (Å²) in [5, 5.41) is 16.7. The molecule has 0 radical (unpaired) electrons. The Bertz CT molecular complexity index is 1300. The van der Waals surface area contributed by atoms with Gasteiger partial charge in [0.05, 0.1) is 16.1 Å². The fourth-order valence-corrected chi connectivity index (χ4v) is 5.11. The number of nitro groups is 1. The van der Waals surface area contributed by atoms with E-state index < -0.39 is 29.3 Å². The van der Waals surface area contributed by atoms with E-state index in [1.807, 2.05) is 0 Å². The van der Waals surface area contributed by atoms with Crippen LogP contribution in [-0.4, -0.2) is 34.3 Å². The van der Waals surface area contributed by atoms with Gasteiger partial charge in [-0.25, -0.2) is 4.79 Å². The molecule has 0 aliphatic heterocycles. The van der Waals surface area contributed by atoms with E-state index in [1.165, 1.54) is 35.7 Å². The highest BCUT2D eigenvalue weighted by Crippen LogP contribution is 2.38. The number of hydrogen-bond acceptors (Lipinski definition) is 8. The molecule has 1 aromatic carbocycles. The van der Waals surface area contributed by atoms with Crippen LogP contribution in [0.3, 0.4) is 0 Å². The number of ether oxygens (including phenoxy) is 1. The molecule has 3 aromatic rings. The largest absolute Gasteiger partial charge is 0.452 e. The van der Waals surface area contributed by atoms with Crippen LogP contribution >= 0.6 is 11.3 Å². The van der Waals surface area contributed by atoms with Gasteiger partial charge in [0, 0.05) is 35.1 Å². The van der Waals surface area contributed by atoms with Crippen molar-refractivity contribution in [1.29, 1.82) is 0 Å². The second-order valence-corrected chi connectivity index (χ2v) is 9.10. The van der Waals surface area contributed by atoms with E-state index in [1.54, 1.807) is 25.3 Å². The molecule has 2 heterocycles. The number of fused-ring (bicyclic) bond motifs is 1. The van der Waals surface area contributed by atoms with Crippen LogP contribution in [0.5, 0.6) is 0 Å². The molecule has 0 bridgehead atoms. The van der Waals surface area contributed by atoms with E-state index in [0.29, 0.717) is 28.2 Å². The van der Waals surface area contributed by atoms with Crippen LogP contribution in [0.1, 0.15) is 49.6 Å². The molecule has 0 fully saturated rings. The van der Waals surface area contributed by atoms with Gasteiger partial charge in [-0.3, -0.25) is 24.7 Å². The third-order valence-electron chi connectivity index (χ3n) is 5.56. The Hall–Kier alpha value is -4.12. The molecule has 0 atom stereocenters. The van der Waals surface area contributed by atoms with Crippen molar-refractivity contribution in [2.24, 2.45) is 0 Å². The smallest absolute Gasteiger partial charge is 0.341 e. The van der Waals surface area contributed by atoms with Gasteiger partial charge in [-0.1, -0.05) is 0 Å². The number of hydrogen-bond donors (Lipinski definition) is 2. The van der Waals surface area contributed by atoms with Gasteiger partial charge in [-0.2, -0.15) is 0 Å². The Morgan fingerprint density at radius 2 is 1.97 bits per heavy atom. The monoisotopic (exact) mass is 494 g/mol. The minimum Gasteiger partial charge on any atom is -0.452 e. The van der Waals surface area contributed by atoms with Gasteiger partial charge >= 0.3 is 5.97 Å². The molecule has 11 heteroatoms. The van der Waals surface area contributed by atoms with Crippen molar-refractivity contribution >= 4 is 45.5 Å².